The lowest BCUT2D eigenvalue weighted by molar-refractivity contribution is 0.147. The van der Waals surface area contributed by atoms with Crippen molar-refractivity contribution in [3.05, 3.63) is 30.0 Å². The van der Waals surface area contributed by atoms with Crippen LogP contribution >= 0.6 is 0 Å². The molecule has 0 atom stereocenters. The van der Waals surface area contributed by atoms with Gasteiger partial charge in [-0.05, 0) is 31.5 Å². The third-order valence-corrected chi connectivity index (χ3v) is 4.48. The Balaban J connectivity index is 1.79. The first-order valence-electron chi connectivity index (χ1n) is 9.62. The van der Waals surface area contributed by atoms with Gasteiger partial charge in [0.05, 0.1) is 25.8 Å². The van der Waals surface area contributed by atoms with Crippen molar-refractivity contribution in [2.24, 2.45) is 7.05 Å². The number of hydrogen-bond acceptors (Lipinski definition) is 8. The van der Waals surface area contributed by atoms with Crippen molar-refractivity contribution in [3.63, 3.8) is 0 Å². The van der Waals surface area contributed by atoms with E-state index >= 15 is 0 Å². The SMILES string of the molecule is CCOCCCNc1nc(NCc2cc(OC)ccc2OC)c2cnn(C)c2n1. The second-order valence-electron chi connectivity index (χ2n) is 6.41. The topological polar surface area (TPSA) is 95.4 Å². The second kappa shape index (κ2) is 9.92. The second-order valence-corrected chi connectivity index (χ2v) is 6.41. The molecule has 2 N–H and O–H groups in total. The normalized spacial score (nSPS) is 10.9. The number of benzene rings is 1. The molecule has 1 aromatic carbocycles. The van der Waals surface area contributed by atoms with Crippen LogP contribution in [0.5, 0.6) is 11.5 Å². The van der Waals surface area contributed by atoms with Gasteiger partial charge in [-0.1, -0.05) is 0 Å². The summed E-state index contributed by atoms with van der Waals surface area (Å²) in [7, 11) is 5.16. The average molecular weight is 400 g/mol. The van der Waals surface area contributed by atoms with Gasteiger partial charge < -0.3 is 24.8 Å². The van der Waals surface area contributed by atoms with Crippen LogP contribution in [0.2, 0.25) is 0 Å². The number of fused-ring (bicyclic) bond motifs is 1. The molecule has 3 aromatic rings. The Morgan fingerprint density at radius 3 is 2.72 bits per heavy atom. The first kappa shape index (κ1) is 20.7. The maximum atomic E-state index is 5.46. The highest BCUT2D eigenvalue weighted by atomic mass is 16.5. The van der Waals surface area contributed by atoms with Crippen LogP contribution in [0.3, 0.4) is 0 Å². The summed E-state index contributed by atoms with van der Waals surface area (Å²) in [5, 5.41) is 11.8. The highest BCUT2D eigenvalue weighted by Crippen LogP contribution is 2.26. The number of aryl methyl sites for hydroxylation is 1. The highest BCUT2D eigenvalue weighted by Gasteiger charge is 2.13. The molecule has 0 bridgehead atoms. The van der Waals surface area contributed by atoms with Gasteiger partial charge in [0, 0.05) is 38.9 Å². The minimum atomic E-state index is 0.519. The molecule has 156 valence electrons. The summed E-state index contributed by atoms with van der Waals surface area (Å²) in [5.41, 5.74) is 1.72. The molecular weight excluding hydrogens is 372 g/mol. The lowest BCUT2D eigenvalue weighted by Crippen LogP contribution is -2.11. The number of nitrogens with one attached hydrogen (secondary N) is 2. The van der Waals surface area contributed by atoms with Crippen LogP contribution in [0.1, 0.15) is 18.9 Å². The summed E-state index contributed by atoms with van der Waals surface area (Å²) in [6.07, 6.45) is 2.64. The van der Waals surface area contributed by atoms with E-state index in [0.29, 0.717) is 24.9 Å². The Labute approximate surface area is 170 Å². The fourth-order valence-corrected chi connectivity index (χ4v) is 2.95. The van der Waals surface area contributed by atoms with E-state index in [1.165, 1.54) is 0 Å². The molecule has 29 heavy (non-hydrogen) atoms. The van der Waals surface area contributed by atoms with Crippen molar-refractivity contribution < 1.29 is 14.2 Å². The summed E-state index contributed by atoms with van der Waals surface area (Å²) in [4.78, 5) is 9.23. The van der Waals surface area contributed by atoms with Crippen LogP contribution in [-0.4, -0.2) is 53.7 Å². The third kappa shape index (κ3) is 5.05. The van der Waals surface area contributed by atoms with Gasteiger partial charge in [0.15, 0.2) is 5.65 Å². The van der Waals surface area contributed by atoms with Crippen LogP contribution in [0.4, 0.5) is 11.8 Å². The molecular formula is C20H28N6O3. The van der Waals surface area contributed by atoms with Gasteiger partial charge in [-0.2, -0.15) is 15.1 Å². The fraction of sp³-hybridized carbons (Fsp3) is 0.450. The van der Waals surface area contributed by atoms with E-state index in [1.807, 2.05) is 32.2 Å². The van der Waals surface area contributed by atoms with Crippen molar-refractivity contribution in [2.75, 3.05) is 44.6 Å². The summed E-state index contributed by atoms with van der Waals surface area (Å²) < 4.78 is 17.9. The standard InChI is InChI=1S/C20H28N6O3/c1-5-29-10-6-9-21-20-24-18(16-13-23-26(2)19(16)25-20)22-12-14-11-15(27-3)7-8-17(14)28-4/h7-8,11,13H,5-6,9-10,12H2,1-4H3,(H2,21,22,24,25). The van der Waals surface area contributed by atoms with E-state index < -0.39 is 0 Å². The van der Waals surface area contributed by atoms with Crippen LogP contribution in [0.15, 0.2) is 24.4 Å². The van der Waals surface area contributed by atoms with E-state index in [9.17, 15) is 0 Å². The van der Waals surface area contributed by atoms with Gasteiger partial charge in [-0.15, -0.1) is 0 Å². The molecule has 0 aliphatic heterocycles. The van der Waals surface area contributed by atoms with Crippen molar-refractivity contribution in [3.8, 4) is 11.5 Å². The molecule has 9 heteroatoms. The Bertz CT molecular complexity index is 943. The molecule has 0 spiro atoms. The minimum Gasteiger partial charge on any atom is -0.497 e. The zero-order valence-corrected chi connectivity index (χ0v) is 17.4. The smallest absolute Gasteiger partial charge is 0.226 e. The first-order valence-corrected chi connectivity index (χ1v) is 9.62. The Morgan fingerprint density at radius 1 is 1.10 bits per heavy atom. The number of hydrogen-bond donors (Lipinski definition) is 2. The zero-order chi connectivity index (χ0) is 20.6. The van der Waals surface area contributed by atoms with Gasteiger partial charge in [-0.3, -0.25) is 4.68 Å². The van der Waals surface area contributed by atoms with E-state index in [-0.39, 0.29) is 0 Å². The van der Waals surface area contributed by atoms with Crippen molar-refractivity contribution in [2.45, 2.75) is 19.9 Å². The van der Waals surface area contributed by atoms with Crippen LogP contribution in [-0.2, 0) is 18.3 Å². The minimum absolute atomic E-state index is 0.519. The third-order valence-electron chi connectivity index (χ3n) is 4.48. The molecule has 0 radical (unpaired) electrons. The lowest BCUT2D eigenvalue weighted by Gasteiger charge is -2.13. The van der Waals surface area contributed by atoms with E-state index in [2.05, 4.69) is 25.7 Å². The molecule has 2 heterocycles. The van der Waals surface area contributed by atoms with Gasteiger partial charge in [0.2, 0.25) is 5.95 Å². The summed E-state index contributed by atoms with van der Waals surface area (Å²) in [5.74, 6) is 2.82. The van der Waals surface area contributed by atoms with Crippen LogP contribution in [0.25, 0.3) is 11.0 Å². The molecule has 0 saturated carbocycles. The fourth-order valence-electron chi connectivity index (χ4n) is 2.95. The maximum Gasteiger partial charge on any atom is 0.226 e. The highest BCUT2D eigenvalue weighted by molar-refractivity contribution is 5.87. The molecule has 0 saturated heterocycles. The molecule has 0 unspecified atom stereocenters. The molecule has 2 aromatic heterocycles. The van der Waals surface area contributed by atoms with Crippen LogP contribution in [0, 0.1) is 0 Å². The zero-order valence-electron chi connectivity index (χ0n) is 17.4. The summed E-state index contributed by atoms with van der Waals surface area (Å²) in [6.45, 7) is 4.66. The Morgan fingerprint density at radius 2 is 1.97 bits per heavy atom. The molecule has 9 nitrogen and oxygen atoms in total. The van der Waals surface area contributed by atoms with Gasteiger partial charge >= 0.3 is 0 Å². The Hall–Kier alpha value is -3.07. The molecule has 0 amide bonds. The maximum absolute atomic E-state index is 5.46. The quantitative estimate of drug-likeness (QED) is 0.475. The number of methoxy groups -OCH3 is 2. The predicted octanol–water partition coefficient (Wildman–Crippen LogP) is 2.83. The molecule has 3 rings (SSSR count). The number of anilines is 2. The van der Waals surface area contributed by atoms with Gasteiger partial charge in [0.1, 0.15) is 17.3 Å². The number of ether oxygens (including phenoxy) is 3. The monoisotopic (exact) mass is 400 g/mol. The molecule has 0 aliphatic carbocycles. The first-order chi connectivity index (χ1) is 14.2. The van der Waals surface area contributed by atoms with E-state index in [4.69, 9.17) is 14.2 Å². The number of nitrogens with zero attached hydrogens (tertiary/aromatic N) is 4. The number of rotatable bonds is 11. The predicted molar refractivity (Wildman–Crippen MR) is 113 cm³/mol. The van der Waals surface area contributed by atoms with Gasteiger partial charge in [0.25, 0.3) is 0 Å². The molecule has 0 aliphatic rings. The van der Waals surface area contributed by atoms with Crippen molar-refractivity contribution in [1.82, 2.24) is 19.7 Å². The largest absolute Gasteiger partial charge is 0.497 e. The van der Waals surface area contributed by atoms with Crippen molar-refractivity contribution >= 4 is 22.8 Å². The summed E-state index contributed by atoms with van der Waals surface area (Å²) >= 11 is 0. The Kier molecular flexibility index (Phi) is 7.07. The van der Waals surface area contributed by atoms with E-state index in [1.54, 1.807) is 25.1 Å². The van der Waals surface area contributed by atoms with Crippen molar-refractivity contribution in [1.29, 1.82) is 0 Å². The van der Waals surface area contributed by atoms with Gasteiger partial charge in [-0.25, -0.2) is 0 Å². The number of aromatic nitrogens is 4. The molecule has 0 fully saturated rings. The van der Waals surface area contributed by atoms with E-state index in [0.717, 1.165) is 47.7 Å². The van der Waals surface area contributed by atoms with Crippen LogP contribution < -0.4 is 20.1 Å². The lowest BCUT2D eigenvalue weighted by atomic mass is 10.2. The summed E-state index contributed by atoms with van der Waals surface area (Å²) in [6, 6.07) is 5.71. The average Bonchev–Trinajstić information content (AvgIpc) is 3.12.